The van der Waals surface area contributed by atoms with Crippen molar-refractivity contribution >= 4 is 53.5 Å². The number of ether oxygens (including phenoxy) is 1. The van der Waals surface area contributed by atoms with Crippen LogP contribution in [0.2, 0.25) is 0 Å². The first-order chi connectivity index (χ1) is 9.10. The van der Waals surface area contributed by atoms with Crippen molar-refractivity contribution in [3.05, 3.63) is 55.4 Å². The zero-order valence-electron chi connectivity index (χ0n) is 10.2. The average molecular weight is 450 g/mol. The van der Waals surface area contributed by atoms with Crippen LogP contribution in [0, 0.1) is 0 Å². The Balaban J connectivity index is 2.12. The smallest absolute Gasteiger partial charge is 0.147 e. The van der Waals surface area contributed by atoms with Crippen LogP contribution in [0.4, 0.5) is 5.69 Å². The fraction of sp³-hybridized carbons (Fsp3) is 0.143. The van der Waals surface area contributed by atoms with E-state index in [1.54, 1.807) is 7.11 Å². The summed E-state index contributed by atoms with van der Waals surface area (Å²) >= 11 is 10.5. The fourth-order valence-electron chi connectivity index (χ4n) is 1.71. The van der Waals surface area contributed by atoms with Gasteiger partial charge in [-0.1, -0.05) is 22.0 Å². The first-order valence-electron chi connectivity index (χ1n) is 5.61. The molecule has 0 heterocycles. The molecule has 0 aliphatic rings. The Morgan fingerprint density at radius 1 is 1.05 bits per heavy atom. The summed E-state index contributed by atoms with van der Waals surface area (Å²) in [7, 11) is 1.66. The van der Waals surface area contributed by atoms with Gasteiger partial charge in [0.2, 0.25) is 0 Å². The van der Waals surface area contributed by atoms with Gasteiger partial charge in [-0.15, -0.1) is 0 Å². The Bertz CT molecular complexity index is 564. The van der Waals surface area contributed by atoms with Crippen molar-refractivity contribution in [2.45, 2.75) is 6.54 Å². The third kappa shape index (κ3) is 3.97. The molecule has 0 saturated carbocycles. The minimum Gasteiger partial charge on any atom is -0.494 e. The van der Waals surface area contributed by atoms with Crippen LogP contribution in [0.15, 0.2) is 49.8 Å². The lowest BCUT2D eigenvalue weighted by Crippen LogP contribution is -2.00. The molecule has 2 rings (SSSR count). The van der Waals surface area contributed by atoms with Crippen LogP contribution in [-0.4, -0.2) is 7.11 Å². The molecule has 0 unspecified atom stereocenters. The van der Waals surface area contributed by atoms with Crippen LogP contribution in [0.5, 0.6) is 5.75 Å². The average Bonchev–Trinajstić information content (AvgIpc) is 2.36. The maximum absolute atomic E-state index is 5.29. The maximum atomic E-state index is 5.29. The largest absolute Gasteiger partial charge is 0.494 e. The predicted molar refractivity (Wildman–Crippen MR) is 89.9 cm³/mol. The Morgan fingerprint density at radius 2 is 1.74 bits per heavy atom. The molecule has 0 aliphatic carbocycles. The van der Waals surface area contributed by atoms with Crippen molar-refractivity contribution < 1.29 is 4.74 Å². The first kappa shape index (κ1) is 14.9. The Labute approximate surface area is 137 Å². The van der Waals surface area contributed by atoms with Gasteiger partial charge >= 0.3 is 0 Å². The van der Waals surface area contributed by atoms with Gasteiger partial charge < -0.3 is 10.1 Å². The number of rotatable bonds is 4. The van der Waals surface area contributed by atoms with E-state index < -0.39 is 0 Å². The molecule has 0 amide bonds. The van der Waals surface area contributed by atoms with Gasteiger partial charge in [-0.05, 0) is 67.8 Å². The third-order valence-corrected chi connectivity index (χ3v) is 4.25. The second kappa shape index (κ2) is 6.77. The summed E-state index contributed by atoms with van der Waals surface area (Å²) < 4.78 is 8.23. The van der Waals surface area contributed by atoms with Crippen molar-refractivity contribution in [2.24, 2.45) is 0 Å². The number of benzene rings is 2. The highest BCUT2D eigenvalue weighted by Gasteiger charge is 2.07. The van der Waals surface area contributed by atoms with Gasteiger partial charge in [0.05, 0.1) is 16.1 Å². The van der Waals surface area contributed by atoms with Crippen LogP contribution in [0.1, 0.15) is 5.56 Å². The summed E-state index contributed by atoms with van der Waals surface area (Å²) in [4.78, 5) is 0. The molecule has 2 aromatic carbocycles. The van der Waals surface area contributed by atoms with Crippen LogP contribution in [0.3, 0.4) is 0 Å². The molecule has 100 valence electrons. The highest BCUT2D eigenvalue weighted by Crippen LogP contribution is 2.34. The molecule has 0 spiro atoms. The van der Waals surface area contributed by atoms with E-state index in [0.717, 1.165) is 31.4 Å². The topological polar surface area (TPSA) is 21.3 Å². The van der Waals surface area contributed by atoms with E-state index in [2.05, 4.69) is 65.2 Å². The number of halogens is 3. The summed E-state index contributed by atoms with van der Waals surface area (Å²) in [5, 5.41) is 3.38. The molecule has 0 fully saturated rings. The number of methoxy groups -OCH3 is 1. The normalized spacial score (nSPS) is 10.3. The van der Waals surface area contributed by atoms with E-state index in [9.17, 15) is 0 Å². The molecule has 0 aliphatic heterocycles. The van der Waals surface area contributed by atoms with E-state index in [1.807, 2.05) is 24.3 Å². The van der Waals surface area contributed by atoms with E-state index >= 15 is 0 Å². The second-order valence-corrected chi connectivity index (χ2v) is 6.58. The van der Waals surface area contributed by atoms with E-state index in [-0.39, 0.29) is 0 Å². The van der Waals surface area contributed by atoms with Crippen LogP contribution in [-0.2, 0) is 6.54 Å². The highest BCUT2D eigenvalue weighted by molar-refractivity contribution is 9.11. The minimum absolute atomic E-state index is 0.748. The molecule has 0 atom stereocenters. The van der Waals surface area contributed by atoms with Crippen LogP contribution >= 0.6 is 47.8 Å². The van der Waals surface area contributed by atoms with Crippen molar-refractivity contribution in [3.8, 4) is 5.75 Å². The van der Waals surface area contributed by atoms with Crippen molar-refractivity contribution in [1.29, 1.82) is 0 Å². The lowest BCUT2D eigenvalue weighted by molar-refractivity contribution is 0.409. The standard InChI is InChI=1S/C14H12Br3NO/c1-19-14-12(16)5-9(6-13(14)17)8-18-11-4-2-3-10(15)7-11/h2-7,18H,8H2,1H3. The molecule has 0 aromatic heterocycles. The maximum Gasteiger partial charge on any atom is 0.147 e. The quantitative estimate of drug-likeness (QED) is 0.656. The molecule has 19 heavy (non-hydrogen) atoms. The van der Waals surface area contributed by atoms with Crippen molar-refractivity contribution in [2.75, 3.05) is 12.4 Å². The minimum atomic E-state index is 0.748. The molecule has 2 aromatic rings. The second-order valence-electron chi connectivity index (χ2n) is 3.96. The summed E-state index contributed by atoms with van der Waals surface area (Å²) in [6, 6.07) is 12.2. The van der Waals surface area contributed by atoms with E-state index in [0.29, 0.717) is 0 Å². The SMILES string of the molecule is COc1c(Br)cc(CNc2cccc(Br)c2)cc1Br. The Kier molecular flexibility index (Phi) is 5.30. The molecule has 0 radical (unpaired) electrons. The summed E-state index contributed by atoms with van der Waals surface area (Å²) in [6.07, 6.45) is 0. The number of anilines is 1. The molecule has 0 saturated heterocycles. The third-order valence-electron chi connectivity index (χ3n) is 2.58. The van der Waals surface area contributed by atoms with Gasteiger partial charge in [0.15, 0.2) is 0 Å². The molecule has 5 heteroatoms. The molecular formula is C14H12Br3NO. The van der Waals surface area contributed by atoms with Crippen molar-refractivity contribution in [3.63, 3.8) is 0 Å². The van der Waals surface area contributed by atoms with Gasteiger partial charge in [-0.25, -0.2) is 0 Å². The monoisotopic (exact) mass is 447 g/mol. The Hall–Kier alpha value is -0.520. The zero-order valence-corrected chi connectivity index (χ0v) is 15.0. The molecule has 0 bridgehead atoms. The van der Waals surface area contributed by atoms with E-state index in [4.69, 9.17) is 4.74 Å². The Morgan fingerprint density at radius 3 is 2.32 bits per heavy atom. The van der Waals surface area contributed by atoms with Gasteiger partial charge in [0, 0.05) is 16.7 Å². The van der Waals surface area contributed by atoms with Gasteiger partial charge in [0.25, 0.3) is 0 Å². The van der Waals surface area contributed by atoms with E-state index in [1.165, 1.54) is 5.56 Å². The molecule has 1 N–H and O–H groups in total. The zero-order chi connectivity index (χ0) is 13.8. The molecular weight excluding hydrogens is 438 g/mol. The molecule has 2 nitrogen and oxygen atoms in total. The van der Waals surface area contributed by atoms with Crippen LogP contribution in [0.25, 0.3) is 0 Å². The summed E-state index contributed by atoms with van der Waals surface area (Å²) in [5.74, 6) is 0.811. The van der Waals surface area contributed by atoms with Gasteiger partial charge in [-0.3, -0.25) is 0 Å². The highest BCUT2D eigenvalue weighted by atomic mass is 79.9. The van der Waals surface area contributed by atoms with Gasteiger partial charge in [0.1, 0.15) is 5.75 Å². The summed E-state index contributed by atoms with van der Waals surface area (Å²) in [6.45, 7) is 0.748. The fourth-order valence-corrected chi connectivity index (χ4v) is 3.72. The number of hydrogen-bond donors (Lipinski definition) is 1. The number of hydrogen-bond acceptors (Lipinski definition) is 2. The lowest BCUT2D eigenvalue weighted by atomic mass is 10.2. The van der Waals surface area contributed by atoms with Gasteiger partial charge in [-0.2, -0.15) is 0 Å². The summed E-state index contributed by atoms with van der Waals surface area (Å²) in [5.41, 5.74) is 2.25. The van der Waals surface area contributed by atoms with Crippen LogP contribution < -0.4 is 10.1 Å². The predicted octanol–water partition coefficient (Wildman–Crippen LogP) is 5.59. The van der Waals surface area contributed by atoms with Crippen molar-refractivity contribution in [1.82, 2.24) is 0 Å². The first-order valence-corrected chi connectivity index (χ1v) is 7.99. The lowest BCUT2D eigenvalue weighted by Gasteiger charge is -2.11. The number of nitrogens with one attached hydrogen (secondary N) is 1.